The minimum Gasteiger partial charge on any atom is -0.289 e. The molecule has 1 aromatic rings. The van der Waals surface area contributed by atoms with Crippen LogP contribution in [0.5, 0.6) is 0 Å². The first kappa shape index (κ1) is 14.7. The largest absolute Gasteiger partial charge is 0.289 e. The van der Waals surface area contributed by atoms with E-state index in [1.54, 1.807) is 0 Å². The summed E-state index contributed by atoms with van der Waals surface area (Å²) in [4.78, 5) is 28.6. The van der Waals surface area contributed by atoms with Gasteiger partial charge in [0, 0.05) is 10.5 Å². The molecule has 2 amide bonds. The van der Waals surface area contributed by atoms with Crippen LogP contribution in [0.4, 0.5) is 5.69 Å². The van der Waals surface area contributed by atoms with E-state index in [0.717, 1.165) is 23.9 Å². The molecular weight excluding hydrogens is 332 g/mol. The molecule has 0 aliphatic carbocycles. The molecule has 21 heavy (non-hydrogen) atoms. The van der Waals surface area contributed by atoms with Crippen LogP contribution in [0.25, 0.3) is 0 Å². The number of nitrogens with zero attached hydrogens (tertiary/aromatic N) is 2. The summed E-state index contributed by atoms with van der Waals surface area (Å²) in [7, 11) is 0. The van der Waals surface area contributed by atoms with Crippen LogP contribution >= 0.6 is 15.9 Å². The first-order valence-electron chi connectivity index (χ1n) is 7.46. The molecule has 0 aromatic heterocycles. The van der Waals surface area contributed by atoms with Gasteiger partial charge < -0.3 is 0 Å². The molecule has 2 saturated heterocycles. The fraction of sp³-hybridized carbons (Fsp3) is 0.500. The molecule has 0 radical (unpaired) electrons. The minimum atomic E-state index is -0.281. The van der Waals surface area contributed by atoms with Gasteiger partial charge in [0.15, 0.2) is 0 Å². The van der Waals surface area contributed by atoms with Gasteiger partial charge in [-0.2, -0.15) is 0 Å². The molecule has 2 heterocycles. The lowest BCUT2D eigenvalue weighted by Crippen LogP contribution is -2.48. The fourth-order valence-electron chi connectivity index (χ4n) is 3.32. The van der Waals surface area contributed by atoms with E-state index in [1.165, 1.54) is 11.3 Å². The number of carbonyl (C=O) groups is 2. The van der Waals surface area contributed by atoms with Gasteiger partial charge in [0.2, 0.25) is 5.91 Å². The number of imide groups is 1. The van der Waals surface area contributed by atoms with E-state index >= 15 is 0 Å². The molecule has 2 aliphatic rings. The van der Waals surface area contributed by atoms with Crippen molar-refractivity contribution in [3.8, 4) is 0 Å². The molecule has 1 aromatic carbocycles. The normalized spacial score (nSPS) is 27.4. The third-order valence-electron chi connectivity index (χ3n) is 4.46. The van der Waals surface area contributed by atoms with Crippen molar-refractivity contribution in [2.45, 2.75) is 44.7 Å². The number of benzene rings is 1. The first-order valence-corrected chi connectivity index (χ1v) is 8.25. The number of likely N-dealkylation sites (tertiary alicyclic amines) is 1. The third-order valence-corrected chi connectivity index (χ3v) is 4.99. The smallest absolute Gasteiger partial charge is 0.251 e. The Hall–Kier alpha value is -1.20. The Labute approximate surface area is 133 Å². The number of hydrogen-bond donors (Lipinski definition) is 0. The van der Waals surface area contributed by atoms with E-state index in [4.69, 9.17) is 0 Å². The molecule has 2 atom stereocenters. The van der Waals surface area contributed by atoms with Gasteiger partial charge in [-0.3, -0.25) is 14.5 Å². The second kappa shape index (κ2) is 5.89. The quantitative estimate of drug-likeness (QED) is 0.770. The summed E-state index contributed by atoms with van der Waals surface area (Å²) >= 11 is 3.37. The van der Waals surface area contributed by atoms with Crippen molar-refractivity contribution in [3.63, 3.8) is 0 Å². The van der Waals surface area contributed by atoms with E-state index in [1.807, 2.05) is 24.3 Å². The predicted molar refractivity (Wildman–Crippen MR) is 85.1 cm³/mol. The summed E-state index contributed by atoms with van der Waals surface area (Å²) in [6.45, 7) is 3.07. The van der Waals surface area contributed by atoms with Gasteiger partial charge in [0.05, 0.1) is 18.2 Å². The lowest BCUT2D eigenvalue weighted by atomic mass is 10.0. The second-order valence-electron chi connectivity index (χ2n) is 5.85. The molecule has 0 N–H and O–H groups in total. The summed E-state index contributed by atoms with van der Waals surface area (Å²) in [5.41, 5.74) is 0.667. The summed E-state index contributed by atoms with van der Waals surface area (Å²) in [6, 6.07) is 7.42. The Bertz CT molecular complexity index is 558. The van der Waals surface area contributed by atoms with Gasteiger partial charge in [0.1, 0.15) is 0 Å². The number of hydrogen-bond acceptors (Lipinski definition) is 3. The lowest BCUT2D eigenvalue weighted by Gasteiger charge is -2.36. The minimum absolute atomic E-state index is 0.0731. The molecule has 0 bridgehead atoms. The fourth-order valence-corrected chi connectivity index (χ4v) is 3.58. The summed E-state index contributed by atoms with van der Waals surface area (Å²) in [5.74, 6) is -0.166. The van der Waals surface area contributed by atoms with E-state index in [0.29, 0.717) is 18.2 Å². The number of carbonyl (C=O) groups excluding carboxylic acids is 2. The maximum atomic E-state index is 12.7. The van der Waals surface area contributed by atoms with Crippen LogP contribution in [0, 0.1) is 0 Å². The third kappa shape index (κ3) is 2.77. The zero-order valence-corrected chi connectivity index (χ0v) is 13.7. The van der Waals surface area contributed by atoms with Crippen molar-refractivity contribution >= 4 is 33.4 Å². The molecule has 0 unspecified atom stereocenters. The van der Waals surface area contributed by atoms with E-state index < -0.39 is 0 Å². The average molecular weight is 351 g/mol. The molecule has 112 valence electrons. The van der Waals surface area contributed by atoms with E-state index in [2.05, 4.69) is 27.8 Å². The number of halogens is 1. The van der Waals surface area contributed by atoms with Crippen LogP contribution in [0.1, 0.15) is 32.6 Å². The van der Waals surface area contributed by atoms with Crippen molar-refractivity contribution in [1.82, 2.24) is 4.90 Å². The SMILES string of the molecule is C[C@H]1CCCCN1[C@H]1CC(=O)N(c2ccc(Br)cc2)C1=O. The topological polar surface area (TPSA) is 40.6 Å². The van der Waals surface area contributed by atoms with Crippen LogP contribution in [0.2, 0.25) is 0 Å². The van der Waals surface area contributed by atoms with Crippen molar-refractivity contribution in [2.75, 3.05) is 11.4 Å². The predicted octanol–water partition coefficient (Wildman–Crippen LogP) is 2.96. The van der Waals surface area contributed by atoms with Gasteiger partial charge in [-0.05, 0) is 50.6 Å². The standard InChI is InChI=1S/C16H19BrN2O2/c1-11-4-2-3-9-18(11)14-10-15(20)19(16(14)21)13-7-5-12(17)6-8-13/h5-8,11,14H,2-4,9-10H2,1H3/t11-,14-/m0/s1. The van der Waals surface area contributed by atoms with Crippen LogP contribution in [-0.4, -0.2) is 35.3 Å². The van der Waals surface area contributed by atoms with Gasteiger partial charge in [-0.25, -0.2) is 4.90 Å². The van der Waals surface area contributed by atoms with Crippen molar-refractivity contribution in [1.29, 1.82) is 0 Å². The Balaban J connectivity index is 1.83. The number of amides is 2. The number of anilines is 1. The van der Waals surface area contributed by atoms with E-state index in [-0.39, 0.29) is 17.9 Å². The van der Waals surface area contributed by atoms with Gasteiger partial charge >= 0.3 is 0 Å². The Kier molecular flexibility index (Phi) is 4.13. The van der Waals surface area contributed by atoms with Crippen LogP contribution < -0.4 is 4.90 Å². The molecule has 5 heteroatoms. The highest BCUT2D eigenvalue weighted by molar-refractivity contribution is 9.10. The van der Waals surface area contributed by atoms with Crippen LogP contribution in [0.15, 0.2) is 28.7 Å². The van der Waals surface area contributed by atoms with Gasteiger partial charge in [-0.1, -0.05) is 22.4 Å². The maximum absolute atomic E-state index is 12.7. The first-order chi connectivity index (χ1) is 10.1. The number of piperidine rings is 1. The van der Waals surface area contributed by atoms with Gasteiger partial charge in [-0.15, -0.1) is 0 Å². The average Bonchev–Trinajstić information content (AvgIpc) is 2.76. The summed E-state index contributed by atoms with van der Waals surface area (Å²) in [5, 5.41) is 0. The summed E-state index contributed by atoms with van der Waals surface area (Å²) in [6.07, 6.45) is 3.74. The Morgan fingerprint density at radius 3 is 2.52 bits per heavy atom. The summed E-state index contributed by atoms with van der Waals surface area (Å²) < 4.78 is 0.937. The van der Waals surface area contributed by atoms with Crippen LogP contribution in [-0.2, 0) is 9.59 Å². The molecule has 2 fully saturated rings. The highest BCUT2D eigenvalue weighted by atomic mass is 79.9. The number of rotatable bonds is 2. The molecule has 0 spiro atoms. The molecule has 2 aliphatic heterocycles. The molecular formula is C16H19BrN2O2. The molecule has 4 nitrogen and oxygen atoms in total. The second-order valence-corrected chi connectivity index (χ2v) is 6.76. The van der Waals surface area contributed by atoms with Gasteiger partial charge in [0.25, 0.3) is 5.91 Å². The van der Waals surface area contributed by atoms with E-state index in [9.17, 15) is 9.59 Å². The van der Waals surface area contributed by atoms with Crippen molar-refractivity contribution in [2.24, 2.45) is 0 Å². The maximum Gasteiger partial charge on any atom is 0.251 e. The lowest BCUT2D eigenvalue weighted by molar-refractivity contribution is -0.123. The Morgan fingerprint density at radius 2 is 1.86 bits per heavy atom. The highest BCUT2D eigenvalue weighted by Crippen LogP contribution is 2.30. The monoisotopic (exact) mass is 350 g/mol. The molecule has 0 saturated carbocycles. The van der Waals surface area contributed by atoms with Crippen LogP contribution in [0.3, 0.4) is 0 Å². The highest BCUT2D eigenvalue weighted by Gasteiger charge is 2.44. The van der Waals surface area contributed by atoms with Crippen molar-refractivity contribution in [3.05, 3.63) is 28.7 Å². The Morgan fingerprint density at radius 1 is 1.14 bits per heavy atom. The molecule has 3 rings (SSSR count). The van der Waals surface area contributed by atoms with Crippen molar-refractivity contribution < 1.29 is 9.59 Å². The zero-order chi connectivity index (χ0) is 15.0. The zero-order valence-electron chi connectivity index (χ0n) is 12.1.